The summed E-state index contributed by atoms with van der Waals surface area (Å²) in [5.41, 5.74) is 5.68. The minimum absolute atomic E-state index is 0.256. The number of hydrazone groups is 1. The Kier molecular flexibility index (Phi) is 4.53. The van der Waals surface area contributed by atoms with Gasteiger partial charge in [-0.2, -0.15) is 5.10 Å². The molecular formula is C21H15N3OS. The Morgan fingerprint density at radius 3 is 2.62 bits per heavy atom. The SMILES string of the molecule is O=C(NN=Cc1cccs1)c1cc(-c2ccccc2)nc2ccccc12. The minimum atomic E-state index is -0.256. The van der Waals surface area contributed by atoms with E-state index in [0.29, 0.717) is 5.56 Å². The molecule has 4 aromatic rings. The Hall–Kier alpha value is -3.31. The summed E-state index contributed by atoms with van der Waals surface area (Å²) in [6.07, 6.45) is 1.64. The van der Waals surface area contributed by atoms with E-state index in [1.807, 2.05) is 78.2 Å². The summed E-state index contributed by atoms with van der Waals surface area (Å²) in [5, 5.41) is 6.83. The predicted molar refractivity (Wildman–Crippen MR) is 107 cm³/mol. The standard InChI is InChI=1S/C21H15N3OS/c25-21(24-22-14-16-9-6-12-26-16)18-13-20(15-7-2-1-3-8-15)23-19-11-5-4-10-17(18)19/h1-14H,(H,24,25). The third-order valence-corrected chi connectivity index (χ3v) is 4.74. The zero-order valence-electron chi connectivity index (χ0n) is 13.8. The highest BCUT2D eigenvalue weighted by atomic mass is 32.1. The molecule has 0 unspecified atom stereocenters. The molecule has 2 heterocycles. The van der Waals surface area contributed by atoms with Crippen LogP contribution in [0.15, 0.2) is 83.3 Å². The number of nitrogens with one attached hydrogen (secondary N) is 1. The van der Waals surface area contributed by atoms with E-state index in [-0.39, 0.29) is 5.91 Å². The summed E-state index contributed by atoms with van der Waals surface area (Å²) in [6.45, 7) is 0. The van der Waals surface area contributed by atoms with Crippen LogP contribution in [-0.4, -0.2) is 17.1 Å². The van der Waals surface area contributed by atoms with E-state index in [0.717, 1.165) is 27.0 Å². The van der Waals surface area contributed by atoms with E-state index in [9.17, 15) is 4.79 Å². The molecule has 4 rings (SSSR count). The number of rotatable bonds is 4. The fourth-order valence-electron chi connectivity index (χ4n) is 2.70. The largest absolute Gasteiger partial charge is 0.272 e. The number of pyridine rings is 1. The van der Waals surface area contributed by atoms with Gasteiger partial charge in [-0.1, -0.05) is 54.6 Å². The molecule has 0 radical (unpaired) electrons. The smallest absolute Gasteiger partial charge is 0.267 e. The van der Waals surface area contributed by atoms with Gasteiger partial charge in [-0.05, 0) is 23.6 Å². The maximum atomic E-state index is 12.7. The summed E-state index contributed by atoms with van der Waals surface area (Å²) in [6, 6.07) is 23.1. The number of hydrogen-bond acceptors (Lipinski definition) is 4. The van der Waals surface area contributed by atoms with Gasteiger partial charge in [-0.3, -0.25) is 4.79 Å². The van der Waals surface area contributed by atoms with Crippen LogP contribution < -0.4 is 5.43 Å². The molecule has 1 N–H and O–H groups in total. The molecule has 1 amide bonds. The zero-order chi connectivity index (χ0) is 17.8. The van der Waals surface area contributed by atoms with E-state index >= 15 is 0 Å². The number of fused-ring (bicyclic) bond motifs is 1. The van der Waals surface area contributed by atoms with Crippen molar-refractivity contribution in [3.05, 3.63) is 88.6 Å². The molecule has 0 saturated heterocycles. The first-order valence-electron chi connectivity index (χ1n) is 8.13. The molecule has 126 valence electrons. The molecule has 0 spiro atoms. The number of carbonyl (C=O) groups is 1. The normalized spacial score (nSPS) is 11.1. The van der Waals surface area contributed by atoms with E-state index in [2.05, 4.69) is 10.5 Å². The molecule has 4 nitrogen and oxygen atoms in total. The fraction of sp³-hybridized carbons (Fsp3) is 0. The van der Waals surface area contributed by atoms with Gasteiger partial charge in [-0.25, -0.2) is 10.4 Å². The van der Waals surface area contributed by atoms with Crippen molar-refractivity contribution >= 4 is 34.4 Å². The average Bonchev–Trinajstić information content (AvgIpc) is 3.21. The monoisotopic (exact) mass is 357 g/mol. The van der Waals surface area contributed by atoms with Gasteiger partial charge < -0.3 is 0 Å². The third-order valence-electron chi connectivity index (χ3n) is 3.93. The van der Waals surface area contributed by atoms with Gasteiger partial charge >= 0.3 is 0 Å². The lowest BCUT2D eigenvalue weighted by Gasteiger charge is -2.09. The van der Waals surface area contributed by atoms with Crippen molar-refractivity contribution in [1.82, 2.24) is 10.4 Å². The predicted octanol–water partition coefficient (Wildman–Crippen LogP) is 4.73. The van der Waals surface area contributed by atoms with Crippen LogP contribution in [0.1, 0.15) is 15.2 Å². The molecule has 0 saturated carbocycles. The molecule has 2 aromatic carbocycles. The number of aromatic nitrogens is 1. The second-order valence-electron chi connectivity index (χ2n) is 5.65. The van der Waals surface area contributed by atoms with Crippen molar-refractivity contribution in [3.8, 4) is 11.3 Å². The molecular weight excluding hydrogens is 342 g/mol. The lowest BCUT2D eigenvalue weighted by Crippen LogP contribution is -2.18. The number of nitrogens with zero attached hydrogens (tertiary/aromatic N) is 2. The van der Waals surface area contributed by atoms with Crippen LogP contribution in [0.3, 0.4) is 0 Å². The fourth-order valence-corrected chi connectivity index (χ4v) is 3.28. The van der Waals surface area contributed by atoms with Crippen molar-refractivity contribution < 1.29 is 4.79 Å². The van der Waals surface area contributed by atoms with Gasteiger partial charge in [0.25, 0.3) is 5.91 Å². The highest BCUT2D eigenvalue weighted by Crippen LogP contribution is 2.24. The molecule has 26 heavy (non-hydrogen) atoms. The summed E-state index contributed by atoms with van der Waals surface area (Å²) >= 11 is 1.56. The maximum absolute atomic E-state index is 12.7. The van der Waals surface area contributed by atoms with Crippen LogP contribution in [0, 0.1) is 0 Å². The number of para-hydroxylation sites is 1. The van der Waals surface area contributed by atoms with E-state index < -0.39 is 0 Å². The lowest BCUT2D eigenvalue weighted by molar-refractivity contribution is 0.0957. The van der Waals surface area contributed by atoms with Crippen LogP contribution in [0.4, 0.5) is 0 Å². The third kappa shape index (κ3) is 3.38. The first-order chi connectivity index (χ1) is 12.8. The number of amides is 1. The van der Waals surface area contributed by atoms with Crippen molar-refractivity contribution in [2.24, 2.45) is 5.10 Å². The van der Waals surface area contributed by atoms with Gasteiger partial charge in [0.05, 0.1) is 23.0 Å². The molecule has 0 aliphatic carbocycles. The number of benzene rings is 2. The van der Waals surface area contributed by atoms with Crippen molar-refractivity contribution in [2.45, 2.75) is 0 Å². The van der Waals surface area contributed by atoms with Gasteiger partial charge in [0.2, 0.25) is 0 Å². The maximum Gasteiger partial charge on any atom is 0.272 e. The van der Waals surface area contributed by atoms with Crippen LogP contribution >= 0.6 is 11.3 Å². The molecule has 5 heteroatoms. The molecule has 0 aliphatic heterocycles. The highest BCUT2D eigenvalue weighted by Gasteiger charge is 2.13. The van der Waals surface area contributed by atoms with Crippen LogP contribution in [0.25, 0.3) is 22.2 Å². The summed E-state index contributed by atoms with van der Waals surface area (Å²) in [5.74, 6) is -0.256. The van der Waals surface area contributed by atoms with Gasteiger partial charge in [0.15, 0.2) is 0 Å². The summed E-state index contributed by atoms with van der Waals surface area (Å²) in [7, 11) is 0. The molecule has 2 aromatic heterocycles. The Bertz CT molecular complexity index is 1070. The van der Waals surface area contributed by atoms with Crippen molar-refractivity contribution in [1.29, 1.82) is 0 Å². The first-order valence-corrected chi connectivity index (χ1v) is 9.01. The Labute approximate surface area is 154 Å². The Morgan fingerprint density at radius 2 is 1.81 bits per heavy atom. The average molecular weight is 357 g/mol. The van der Waals surface area contributed by atoms with Crippen LogP contribution in [-0.2, 0) is 0 Å². The molecule has 0 bridgehead atoms. The molecule has 0 aliphatic rings. The van der Waals surface area contributed by atoms with Crippen LogP contribution in [0.5, 0.6) is 0 Å². The topological polar surface area (TPSA) is 54.4 Å². The number of hydrogen-bond donors (Lipinski definition) is 1. The molecule has 0 fully saturated rings. The second kappa shape index (κ2) is 7.29. The highest BCUT2D eigenvalue weighted by molar-refractivity contribution is 7.11. The summed E-state index contributed by atoms with van der Waals surface area (Å²) < 4.78 is 0. The van der Waals surface area contributed by atoms with Gasteiger partial charge in [-0.15, -0.1) is 11.3 Å². The van der Waals surface area contributed by atoms with Gasteiger partial charge in [0.1, 0.15) is 0 Å². The van der Waals surface area contributed by atoms with E-state index in [1.54, 1.807) is 17.6 Å². The lowest BCUT2D eigenvalue weighted by atomic mass is 10.0. The zero-order valence-corrected chi connectivity index (χ0v) is 14.6. The van der Waals surface area contributed by atoms with Gasteiger partial charge in [0, 0.05) is 15.8 Å². The Morgan fingerprint density at radius 1 is 1.00 bits per heavy atom. The number of thiophene rings is 1. The summed E-state index contributed by atoms with van der Waals surface area (Å²) in [4.78, 5) is 18.4. The first kappa shape index (κ1) is 16.2. The van der Waals surface area contributed by atoms with Crippen molar-refractivity contribution in [2.75, 3.05) is 0 Å². The second-order valence-corrected chi connectivity index (χ2v) is 6.63. The minimum Gasteiger partial charge on any atom is -0.267 e. The van der Waals surface area contributed by atoms with Crippen molar-refractivity contribution in [3.63, 3.8) is 0 Å². The van der Waals surface area contributed by atoms with E-state index in [1.165, 1.54) is 0 Å². The van der Waals surface area contributed by atoms with E-state index in [4.69, 9.17) is 4.98 Å². The number of carbonyl (C=O) groups excluding carboxylic acids is 1. The van der Waals surface area contributed by atoms with Crippen LogP contribution in [0.2, 0.25) is 0 Å². The Balaban J connectivity index is 1.72. The quantitative estimate of drug-likeness (QED) is 0.424. The molecule has 0 atom stereocenters.